The standard InChI is InChI=1S/C5H14N4S/c1-9(3-4-10-2)5(6)8-7/h3-4,7H2,1-2H3,(H2,6,8). The van der Waals surface area contributed by atoms with Crippen molar-refractivity contribution in [2.24, 2.45) is 16.7 Å². The van der Waals surface area contributed by atoms with Crippen molar-refractivity contribution in [2.75, 3.05) is 25.6 Å². The van der Waals surface area contributed by atoms with Crippen molar-refractivity contribution in [3.05, 3.63) is 0 Å². The second-order valence-corrected chi connectivity index (χ2v) is 2.89. The summed E-state index contributed by atoms with van der Waals surface area (Å²) in [5, 5.41) is 3.35. The van der Waals surface area contributed by atoms with Gasteiger partial charge in [-0.15, -0.1) is 5.10 Å². The van der Waals surface area contributed by atoms with Crippen molar-refractivity contribution in [1.82, 2.24) is 4.90 Å². The first-order valence-electron chi connectivity index (χ1n) is 2.95. The number of nitrogens with zero attached hydrogens (tertiary/aromatic N) is 2. The van der Waals surface area contributed by atoms with Gasteiger partial charge >= 0.3 is 0 Å². The van der Waals surface area contributed by atoms with E-state index in [4.69, 9.17) is 11.6 Å². The lowest BCUT2D eigenvalue weighted by molar-refractivity contribution is 0.531. The summed E-state index contributed by atoms with van der Waals surface area (Å²) in [4.78, 5) is 1.82. The summed E-state index contributed by atoms with van der Waals surface area (Å²) < 4.78 is 0. The van der Waals surface area contributed by atoms with Crippen LogP contribution in [-0.2, 0) is 0 Å². The van der Waals surface area contributed by atoms with Crippen molar-refractivity contribution in [3.8, 4) is 0 Å². The van der Waals surface area contributed by atoms with Crippen LogP contribution in [0.4, 0.5) is 0 Å². The molecule has 0 unspecified atom stereocenters. The molecular formula is C5H14N4S. The van der Waals surface area contributed by atoms with Crippen LogP contribution in [0.5, 0.6) is 0 Å². The van der Waals surface area contributed by atoms with E-state index >= 15 is 0 Å². The Morgan fingerprint density at radius 1 is 1.70 bits per heavy atom. The minimum absolute atomic E-state index is 0.383. The third kappa shape index (κ3) is 3.45. The molecule has 4 N–H and O–H groups in total. The second-order valence-electron chi connectivity index (χ2n) is 1.90. The molecule has 60 valence electrons. The highest BCUT2D eigenvalue weighted by atomic mass is 32.2. The average molecular weight is 162 g/mol. The highest BCUT2D eigenvalue weighted by Crippen LogP contribution is 1.91. The maximum Gasteiger partial charge on any atom is 0.213 e. The van der Waals surface area contributed by atoms with E-state index in [9.17, 15) is 0 Å². The minimum Gasteiger partial charge on any atom is -0.368 e. The number of guanidine groups is 1. The van der Waals surface area contributed by atoms with Crippen molar-refractivity contribution < 1.29 is 0 Å². The van der Waals surface area contributed by atoms with Crippen LogP contribution in [0, 0.1) is 0 Å². The molecular weight excluding hydrogens is 148 g/mol. The molecule has 0 rings (SSSR count). The van der Waals surface area contributed by atoms with Crippen LogP contribution in [0.3, 0.4) is 0 Å². The monoisotopic (exact) mass is 162 g/mol. The van der Waals surface area contributed by atoms with E-state index in [0.29, 0.717) is 5.96 Å². The third-order valence-corrected chi connectivity index (χ3v) is 1.75. The molecule has 0 fully saturated rings. The number of rotatable bonds is 3. The lowest BCUT2D eigenvalue weighted by Crippen LogP contribution is -2.36. The highest BCUT2D eigenvalue weighted by molar-refractivity contribution is 7.98. The molecule has 0 saturated heterocycles. The predicted molar refractivity (Wildman–Crippen MR) is 46.8 cm³/mol. The summed E-state index contributed by atoms with van der Waals surface area (Å²) in [5.74, 6) is 6.38. The molecule has 5 heteroatoms. The van der Waals surface area contributed by atoms with Gasteiger partial charge in [0.25, 0.3) is 0 Å². The van der Waals surface area contributed by atoms with Crippen molar-refractivity contribution in [1.29, 1.82) is 0 Å². The van der Waals surface area contributed by atoms with Crippen LogP contribution in [-0.4, -0.2) is 36.5 Å². The van der Waals surface area contributed by atoms with Gasteiger partial charge in [-0.2, -0.15) is 11.8 Å². The van der Waals surface area contributed by atoms with E-state index in [-0.39, 0.29) is 0 Å². The van der Waals surface area contributed by atoms with Gasteiger partial charge in [0.15, 0.2) is 0 Å². The lowest BCUT2D eigenvalue weighted by Gasteiger charge is -2.15. The van der Waals surface area contributed by atoms with Crippen molar-refractivity contribution >= 4 is 17.7 Å². The fourth-order valence-electron chi connectivity index (χ4n) is 0.441. The van der Waals surface area contributed by atoms with Crippen LogP contribution in [0.2, 0.25) is 0 Å². The van der Waals surface area contributed by atoms with Gasteiger partial charge in [-0.05, 0) is 6.26 Å². The van der Waals surface area contributed by atoms with Crippen LogP contribution in [0.15, 0.2) is 5.10 Å². The Morgan fingerprint density at radius 3 is 2.70 bits per heavy atom. The lowest BCUT2D eigenvalue weighted by atomic mass is 10.6. The zero-order valence-corrected chi connectivity index (χ0v) is 7.19. The quantitative estimate of drug-likeness (QED) is 0.253. The number of hydrazone groups is 1. The molecule has 0 saturated carbocycles. The molecule has 0 aromatic rings. The maximum atomic E-state index is 5.40. The highest BCUT2D eigenvalue weighted by Gasteiger charge is 1.97. The van der Waals surface area contributed by atoms with Gasteiger partial charge in [0.1, 0.15) is 0 Å². The molecule has 0 aromatic carbocycles. The second kappa shape index (κ2) is 5.22. The van der Waals surface area contributed by atoms with Crippen LogP contribution in [0.1, 0.15) is 0 Å². The van der Waals surface area contributed by atoms with Crippen molar-refractivity contribution in [3.63, 3.8) is 0 Å². The van der Waals surface area contributed by atoms with E-state index in [1.807, 2.05) is 18.2 Å². The summed E-state index contributed by atoms with van der Waals surface area (Å²) in [7, 11) is 1.86. The van der Waals surface area contributed by atoms with Gasteiger partial charge in [-0.3, -0.25) is 0 Å². The maximum absolute atomic E-state index is 5.40. The number of nitrogens with two attached hydrogens (primary N) is 2. The Kier molecular flexibility index (Phi) is 4.92. The van der Waals surface area contributed by atoms with E-state index in [0.717, 1.165) is 12.3 Å². The Hall–Kier alpha value is -0.580. The molecule has 0 aliphatic heterocycles. The minimum atomic E-state index is 0.383. The molecule has 0 atom stereocenters. The van der Waals surface area contributed by atoms with Crippen LogP contribution in [0.25, 0.3) is 0 Å². The van der Waals surface area contributed by atoms with E-state index in [1.54, 1.807) is 11.8 Å². The molecule has 0 aliphatic rings. The molecule has 0 bridgehead atoms. The normalized spacial score (nSPS) is 11.6. The Bertz CT molecular complexity index is 114. The average Bonchev–Trinajstić information content (AvgIpc) is 1.98. The topological polar surface area (TPSA) is 67.6 Å². The summed E-state index contributed by atoms with van der Waals surface area (Å²) in [6.07, 6.45) is 2.05. The van der Waals surface area contributed by atoms with Gasteiger partial charge < -0.3 is 16.5 Å². The number of thioether (sulfide) groups is 1. The Balaban J connectivity index is 3.51. The largest absolute Gasteiger partial charge is 0.368 e. The van der Waals surface area contributed by atoms with E-state index in [1.165, 1.54) is 0 Å². The SMILES string of the molecule is CSCCN(C)C(N)=NN. The first-order chi connectivity index (χ1) is 4.72. The summed E-state index contributed by atoms with van der Waals surface area (Å²) in [6.45, 7) is 0.883. The molecule has 0 amide bonds. The summed E-state index contributed by atoms with van der Waals surface area (Å²) in [6, 6.07) is 0. The van der Waals surface area contributed by atoms with Gasteiger partial charge in [0.05, 0.1) is 0 Å². The summed E-state index contributed by atoms with van der Waals surface area (Å²) >= 11 is 1.76. The first-order valence-corrected chi connectivity index (χ1v) is 4.35. The number of hydrogen-bond donors (Lipinski definition) is 2. The Labute approximate surface area is 65.6 Å². The molecule has 0 aromatic heterocycles. The van der Waals surface area contributed by atoms with E-state index < -0.39 is 0 Å². The van der Waals surface area contributed by atoms with Crippen LogP contribution >= 0.6 is 11.8 Å². The zero-order valence-electron chi connectivity index (χ0n) is 6.37. The predicted octanol–water partition coefficient (Wildman–Crippen LogP) is -0.530. The first kappa shape index (κ1) is 9.42. The Morgan fingerprint density at radius 2 is 2.30 bits per heavy atom. The molecule has 10 heavy (non-hydrogen) atoms. The van der Waals surface area contributed by atoms with Crippen LogP contribution < -0.4 is 11.6 Å². The van der Waals surface area contributed by atoms with E-state index in [2.05, 4.69) is 5.10 Å². The van der Waals surface area contributed by atoms with Crippen molar-refractivity contribution in [2.45, 2.75) is 0 Å². The molecule has 0 heterocycles. The molecule has 4 nitrogen and oxygen atoms in total. The van der Waals surface area contributed by atoms with Gasteiger partial charge in [0, 0.05) is 19.3 Å². The molecule has 0 aliphatic carbocycles. The van der Waals surface area contributed by atoms with Gasteiger partial charge in [-0.25, -0.2) is 0 Å². The number of hydrogen-bond acceptors (Lipinski definition) is 3. The fourth-order valence-corrected chi connectivity index (χ4v) is 0.898. The summed E-state index contributed by atoms with van der Waals surface area (Å²) in [5.41, 5.74) is 5.40. The van der Waals surface area contributed by atoms with Gasteiger partial charge in [0.2, 0.25) is 5.96 Å². The third-order valence-electron chi connectivity index (χ3n) is 1.15. The zero-order chi connectivity index (χ0) is 7.98. The van der Waals surface area contributed by atoms with Gasteiger partial charge in [-0.1, -0.05) is 0 Å². The molecule has 0 radical (unpaired) electrons. The fraction of sp³-hybridized carbons (Fsp3) is 0.800. The molecule has 0 spiro atoms. The smallest absolute Gasteiger partial charge is 0.213 e.